The minimum absolute atomic E-state index is 0.411. The second-order valence-corrected chi connectivity index (χ2v) is 4.10. The van der Waals surface area contributed by atoms with E-state index in [0.29, 0.717) is 5.78 Å². The molecule has 0 amide bonds. The predicted molar refractivity (Wildman–Crippen MR) is 61.7 cm³/mol. The number of benzene rings is 1. The Morgan fingerprint density at radius 2 is 1.80 bits per heavy atom. The Balaban J connectivity index is 2.00. The first-order valence-electron chi connectivity index (χ1n) is 5.58. The van der Waals surface area contributed by atoms with Crippen LogP contribution in [0.5, 0.6) is 0 Å². The Labute approximate surface area is 90.8 Å². The Hall–Kier alpha value is -1.37. The summed E-state index contributed by atoms with van der Waals surface area (Å²) in [6.07, 6.45) is 6.61. The fraction of sp³-hybridized carbons (Fsp3) is 0.357. The summed E-state index contributed by atoms with van der Waals surface area (Å²) in [7, 11) is 0. The van der Waals surface area contributed by atoms with Crippen LogP contribution in [0.4, 0.5) is 0 Å². The number of carbonyl (C=O) groups excluding carboxylic acids is 1. The van der Waals surface area contributed by atoms with Gasteiger partial charge in [-0.2, -0.15) is 0 Å². The van der Waals surface area contributed by atoms with Gasteiger partial charge in [0.2, 0.25) is 0 Å². The van der Waals surface area contributed by atoms with Crippen molar-refractivity contribution in [2.75, 3.05) is 0 Å². The van der Waals surface area contributed by atoms with Crippen LogP contribution in [0.3, 0.4) is 0 Å². The van der Waals surface area contributed by atoms with E-state index in [1.165, 1.54) is 11.1 Å². The van der Waals surface area contributed by atoms with Crippen LogP contribution in [0.15, 0.2) is 42.0 Å². The normalized spacial score (nSPS) is 17.1. The number of Topliss-reactive ketones (excluding diaryl/α,β-unsaturated/α-hetero) is 1. The molecule has 1 nitrogen and oxygen atoms in total. The van der Waals surface area contributed by atoms with Gasteiger partial charge < -0.3 is 0 Å². The maximum atomic E-state index is 11.2. The topological polar surface area (TPSA) is 17.1 Å². The Morgan fingerprint density at radius 1 is 1.00 bits per heavy atom. The number of carbonyl (C=O) groups is 1. The average molecular weight is 200 g/mol. The van der Waals surface area contributed by atoms with Gasteiger partial charge in [-0.15, -0.1) is 0 Å². The van der Waals surface area contributed by atoms with Crippen molar-refractivity contribution in [2.45, 2.75) is 32.1 Å². The summed E-state index contributed by atoms with van der Waals surface area (Å²) in [5, 5.41) is 0. The fourth-order valence-corrected chi connectivity index (χ4v) is 1.98. The van der Waals surface area contributed by atoms with Crippen LogP contribution >= 0.6 is 0 Å². The van der Waals surface area contributed by atoms with Gasteiger partial charge in [-0.25, -0.2) is 0 Å². The molecule has 0 N–H and O–H groups in total. The summed E-state index contributed by atoms with van der Waals surface area (Å²) in [4.78, 5) is 11.2. The summed E-state index contributed by atoms with van der Waals surface area (Å²) in [5.41, 5.74) is 2.77. The van der Waals surface area contributed by atoms with E-state index in [1.54, 1.807) is 0 Å². The minimum Gasteiger partial charge on any atom is -0.300 e. The van der Waals surface area contributed by atoms with Crippen molar-refractivity contribution in [1.82, 2.24) is 0 Å². The van der Waals surface area contributed by atoms with Crippen LogP contribution in [0, 0.1) is 0 Å². The van der Waals surface area contributed by atoms with E-state index >= 15 is 0 Å². The summed E-state index contributed by atoms with van der Waals surface area (Å²) < 4.78 is 0. The van der Waals surface area contributed by atoms with E-state index in [4.69, 9.17) is 0 Å². The Bertz CT molecular complexity index is 362. The first kappa shape index (κ1) is 10.2. The molecule has 0 bridgehead atoms. The molecule has 78 valence electrons. The van der Waals surface area contributed by atoms with Crippen molar-refractivity contribution in [3.8, 4) is 0 Å². The van der Waals surface area contributed by atoms with Crippen LogP contribution in [-0.2, 0) is 11.2 Å². The monoisotopic (exact) mass is 200 g/mol. The molecule has 1 aromatic rings. The quantitative estimate of drug-likeness (QED) is 0.669. The van der Waals surface area contributed by atoms with Crippen molar-refractivity contribution in [3.63, 3.8) is 0 Å². The van der Waals surface area contributed by atoms with Gasteiger partial charge in [0.1, 0.15) is 5.78 Å². The lowest BCUT2D eigenvalue weighted by molar-refractivity contribution is -0.118. The van der Waals surface area contributed by atoms with Gasteiger partial charge >= 0.3 is 0 Å². The maximum absolute atomic E-state index is 11.2. The molecule has 0 aromatic heterocycles. The molecule has 0 radical (unpaired) electrons. The van der Waals surface area contributed by atoms with E-state index in [2.05, 4.69) is 30.3 Å². The molecule has 0 heterocycles. The van der Waals surface area contributed by atoms with Gasteiger partial charge in [-0.1, -0.05) is 42.0 Å². The molecule has 0 spiro atoms. The number of hydrogen-bond donors (Lipinski definition) is 0. The standard InChI is InChI=1S/C14H16O/c15-14-8-4-7-13(9-10-14)11-12-5-2-1-3-6-12/h1-3,5-7H,4,8-11H2. The first-order valence-corrected chi connectivity index (χ1v) is 5.58. The highest BCUT2D eigenvalue weighted by Crippen LogP contribution is 2.18. The van der Waals surface area contributed by atoms with E-state index in [9.17, 15) is 4.79 Å². The molecule has 0 saturated carbocycles. The van der Waals surface area contributed by atoms with Crippen LogP contribution in [-0.4, -0.2) is 5.78 Å². The lowest BCUT2D eigenvalue weighted by Crippen LogP contribution is -1.95. The van der Waals surface area contributed by atoms with Crippen LogP contribution in [0.25, 0.3) is 0 Å². The number of rotatable bonds is 2. The zero-order valence-electron chi connectivity index (χ0n) is 8.91. The number of hydrogen-bond acceptors (Lipinski definition) is 1. The van der Waals surface area contributed by atoms with Gasteiger partial charge in [0.05, 0.1) is 0 Å². The lowest BCUT2D eigenvalue weighted by atomic mass is 10.0. The smallest absolute Gasteiger partial charge is 0.133 e. The summed E-state index contributed by atoms with van der Waals surface area (Å²) in [6, 6.07) is 10.5. The second-order valence-electron chi connectivity index (χ2n) is 4.10. The zero-order valence-corrected chi connectivity index (χ0v) is 8.91. The SMILES string of the molecule is O=C1CCC=C(Cc2ccccc2)CC1. The molecule has 15 heavy (non-hydrogen) atoms. The highest BCUT2D eigenvalue weighted by Gasteiger charge is 2.08. The summed E-state index contributed by atoms with van der Waals surface area (Å²) in [6.45, 7) is 0. The van der Waals surface area contributed by atoms with Crippen molar-refractivity contribution < 1.29 is 4.79 Å². The molecule has 0 unspecified atom stereocenters. The number of allylic oxidation sites excluding steroid dienone is 2. The summed E-state index contributed by atoms with van der Waals surface area (Å²) in [5.74, 6) is 0.411. The molecule has 0 saturated heterocycles. The lowest BCUT2D eigenvalue weighted by Gasteiger charge is -2.04. The van der Waals surface area contributed by atoms with Crippen LogP contribution < -0.4 is 0 Å². The number of ketones is 1. The van der Waals surface area contributed by atoms with E-state index in [-0.39, 0.29) is 0 Å². The molecule has 2 rings (SSSR count). The first-order chi connectivity index (χ1) is 7.34. The third kappa shape index (κ3) is 3.05. The molecule has 1 aromatic carbocycles. The van der Waals surface area contributed by atoms with Crippen molar-refractivity contribution in [3.05, 3.63) is 47.5 Å². The predicted octanol–water partition coefficient (Wildman–Crippen LogP) is 3.30. The highest BCUT2D eigenvalue weighted by atomic mass is 16.1. The average Bonchev–Trinajstić information content (AvgIpc) is 2.46. The Morgan fingerprint density at radius 3 is 2.60 bits per heavy atom. The Kier molecular flexibility index (Phi) is 3.33. The zero-order chi connectivity index (χ0) is 10.5. The third-order valence-electron chi connectivity index (χ3n) is 2.86. The van der Waals surface area contributed by atoms with Gasteiger partial charge in [0.25, 0.3) is 0 Å². The van der Waals surface area contributed by atoms with Crippen molar-refractivity contribution in [2.24, 2.45) is 0 Å². The largest absolute Gasteiger partial charge is 0.300 e. The molecule has 0 atom stereocenters. The van der Waals surface area contributed by atoms with Gasteiger partial charge in [0, 0.05) is 12.8 Å². The molecular formula is C14H16O. The minimum atomic E-state index is 0.411. The molecule has 1 aliphatic carbocycles. The second kappa shape index (κ2) is 4.92. The van der Waals surface area contributed by atoms with Gasteiger partial charge in [-0.05, 0) is 24.8 Å². The van der Waals surface area contributed by atoms with Crippen LogP contribution in [0.1, 0.15) is 31.2 Å². The maximum Gasteiger partial charge on any atom is 0.133 e. The molecule has 0 aliphatic heterocycles. The molecule has 1 aliphatic rings. The van der Waals surface area contributed by atoms with Crippen molar-refractivity contribution >= 4 is 5.78 Å². The van der Waals surface area contributed by atoms with E-state index in [0.717, 1.165) is 32.1 Å². The van der Waals surface area contributed by atoms with E-state index in [1.807, 2.05) is 6.07 Å². The van der Waals surface area contributed by atoms with Gasteiger partial charge in [-0.3, -0.25) is 4.79 Å². The van der Waals surface area contributed by atoms with Crippen molar-refractivity contribution in [1.29, 1.82) is 0 Å². The third-order valence-corrected chi connectivity index (χ3v) is 2.86. The fourth-order valence-electron chi connectivity index (χ4n) is 1.98. The molecular weight excluding hydrogens is 184 g/mol. The highest BCUT2D eigenvalue weighted by molar-refractivity contribution is 5.79. The van der Waals surface area contributed by atoms with E-state index < -0.39 is 0 Å². The summed E-state index contributed by atoms with van der Waals surface area (Å²) >= 11 is 0. The van der Waals surface area contributed by atoms with Gasteiger partial charge in [0.15, 0.2) is 0 Å². The molecule has 0 fully saturated rings. The van der Waals surface area contributed by atoms with Crippen LogP contribution in [0.2, 0.25) is 0 Å². The molecule has 1 heteroatoms.